The lowest BCUT2D eigenvalue weighted by Gasteiger charge is -2.21. The van der Waals surface area contributed by atoms with Gasteiger partial charge in [-0.15, -0.1) is 0 Å². The number of aliphatic hydroxyl groups excluding tert-OH is 1. The topological polar surface area (TPSA) is 46.2 Å². The molecule has 2 rings (SSSR count). The molecule has 0 aliphatic heterocycles. The van der Waals surface area contributed by atoms with Crippen LogP contribution in [0.4, 0.5) is 0 Å². The van der Waals surface area contributed by atoms with E-state index in [1.807, 2.05) is 0 Å². The van der Waals surface area contributed by atoms with Crippen LogP contribution in [0.5, 0.6) is 0 Å². The minimum Gasteiger partial charge on any atom is -0.394 e. The Bertz CT molecular complexity index is 442. The molecule has 0 saturated heterocycles. The van der Waals surface area contributed by atoms with Crippen molar-refractivity contribution in [2.75, 3.05) is 6.61 Å². The summed E-state index contributed by atoms with van der Waals surface area (Å²) in [5.74, 6) is 1.17. The van der Waals surface area contributed by atoms with Crippen molar-refractivity contribution in [3.8, 4) is 0 Å². The van der Waals surface area contributed by atoms with Gasteiger partial charge in [-0.3, -0.25) is 0 Å². The minimum absolute atomic E-state index is 0.108. The summed E-state index contributed by atoms with van der Waals surface area (Å²) in [6.07, 6.45) is 9.60. The number of rotatable bonds is 8. The van der Waals surface area contributed by atoms with Crippen LogP contribution >= 0.6 is 0 Å². The molecule has 0 spiro atoms. The first-order chi connectivity index (χ1) is 10.6. The number of aliphatic hydroxyl groups is 1. The summed E-state index contributed by atoms with van der Waals surface area (Å²) in [4.78, 5) is 0. The molecule has 1 aromatic carbocycles. The Hall–Kier alpha value is -0.860. The molecule has 3 atom stereocenters. The van der Waals surface area contributed by atoms with Gasteiger partial charge in [-0.2, -0.15) is 0 Å². The molecule has 1 fully saturated rings. The van der Waals surface area contributed by atoms with Crippen LogP contribution in [0, 0.1) is 0 Å². The Labute approximate surface area is 136 Å². The van der Waals surface area contributed by atoms with E-state index in [9.17, 15) is 5.11 Å². The third kappa shape index (κ3) is 4.57. The van der Waals surface area contributed by atoms with Crippen LogP contribution in [0.3, 0.4) is 0 Å². The molecular weight excluding hydrogens is 270 g/mol. The zero-order valence-electron chi connectivity index (χ0n) is 14.4. The zero-order valence-corrected chi connectivity index (χ0v) is 14.4. The van der Waals surface area contributed by atoms with E-state index >= 15 is 0 Å². The van der Waals surface area contributed by atoms with Crippen molar-refractivity contribution in [1.82, 2.24) is 0 Å². The van der Waals surface area contributed by atoms with Gasteiger partial charge in [0, 0.05) is 5.54 Å². The smallest absolute Gasteiger partial charge is 0.0611 e. The Morgan fingerprint density at radius 2 is 1.95 bits per heavy atom. The quantitative estimate of drug-likeness (QED) is 0.683. The summed E-state index contributed by atoms with van der Waals surface area (Å²) >= 11 is 0. The third-order valence-corrected chi connectivity index (χ3v) is 5.43. The largest absolute Gasteiger partial charge is 0.394 e. The standard InChI is InChI=1S/C20H33NO/c1-3-4-5-6-7-16(2)17-8-10-18(11-9-17)19-12-13-20(21,14-19)15-22/h8-11,16,19,22H,3-7,12-15,21H2,1-2H3. The summed E-state index contributed by atoms with van der Waals surface area (Å²) < 4.78 is 0. The SMILES string of the molecule is CCCCCCC(C)c1ccc(C2CCC(N)(CO)C2)cc1. The van der Waals surface area contributed by atoms with Crippen molar-refractivity contribution >= 4 is 0 Å². The van der Waals surface area contributed by atoms with Gasteiger partial charge in [0.25, 0.3) is 0 Å². The average molecular weight is 303 g/mol. The number of benzene rings is 1. The predicted octanol–water partition coefficient (Wildman–Crippen LogP) is 4.72. The van der Waals surface area contributed by atoms with Crippen LogP contribution in [-0.2, 0) is 0 Å². The van der Waals surface area contributed by atoms with Crippen molar-refractivity contribution in [2.45, 2.75) is 82.6 Å². The fourth-order valence-electron chi connectivity index (χ4n) is 3.73. The molecule has 22 heavy (non-hydrogen) atoms. The number of hydrogen-bond donors (Lipinski definition) is 2. The highest BCUT2D eigenvalue weighted by Gasteiger charge is 2.35. The van der Waals surface area contributed by atoms with Crippen molar-refractivity contribution < 1.29 is 5.11 Å². The van der Waals surface area contributed by atoms with Gasteiger partial charge in [0.15, 0.2) is 0 Å². The van der Waals surface area contributed by atoms with E-state index in [2.05, 4.69) is 38.1 Å². The molecule has 0 heterocycles. The Balaban J connectivity index is 1.88. The number of nitrogens with two attached hydrogens (primary N) is 1. The van der Waals surface area contributed by atoms with Gasteiger partial charge in [-0.05, 0) is 48.6 Å². The van der Waals surface area contributed by atoms with E-state index in [1.165, 1.54) is 43.2 Å². The predicted molar refractivity (Wildman–Crippen MR) is 94.2 cm³/mol. The normalized spacial score (nSPS) is 26.3. The van der Waals surface area contributed by atoms with Gasteiger partial charge < -0.3 is 10.8 Å². The molecular formula is C20H33NO. The highest BCUT2D eigenvalue weighted by molar-refractivity contribution is 5.29. The molecule has 0 radical (unpaired) electrons. The second kappa shape index (κ2) is 8.12. The van der Waals surface area contributed by atoms with Gasteiger partial charge in [0.1, 0.15) is 0 Å². The van der Waals surface area contributed by atoms with E-state index in [0.29, 0.717) is 11.8 Å². The van der Waals surface area contributed by atoms with E-state index in [-0.39, 0.29) is 12.1 Å². The van der Waals surface area contributed by atoms with Crippen LogP contribution in [0.25, 0.3) is 0 Å². The molecule has 124 valence electrons. The van der Waals surface area contributed by atoms with Gasteiger partial charge in [0.05, 0.1) is 6.61 Å². The first kappa shape index (κ1) is 17.5. The van der Waals surface area contributed by atoms with Gasteiger partial charge in [0.2, 0.25) is 0 Å². The highest BCUT2D eigenvalue weighted by Crippen LogP contribution is 2.39. The fourth-order valence-corrected chi connectivity index (χ4v) is 3.73. The molecule has 0 bridgehead atoms. The number of unbranched alkanes of at least 4 members (excludes halogenated alkanes) is 3. The molecule has 3 unspecified atom stereocenters. The lowest BCUT2D eigenvalue weighted by molar-refractivity contribution is 0.198. The van der Waals surface area contributed by atoms with Crippen LogP contribution in [0.1, 0.15) is 88.2 Å². The molecule has 0 aromatic heterocycles. The van der Waals surface area contributed by atoms with Crippen LogP contribution in [0.15, 0.2) is 24.3 Å². The van der Waals surface area contributed by atoms with E-state index < -0.39 is 0 Å². The molecule has 2 heteroatoms. The molecule has 1 saturated carbocycles. The molecule has 1 aliphatic carbocycles. The maximum atomic E-state index is 9.40. The average Bonchev–Trinajstić information content (AvgIpc) is 2.95. The van der Waals surface area contributed by atoms with Crippen LogP contribution < -0.4 is 5.73 Å². The summed E-state index contributed by atoms with van der Waals surface area (Å²) in [5, 5.41) is 9.40. The molecule has 3 N–H and O–H groups in total. The highest BCUT2D eigenvalue weighted by atomic mass is 16.3. The fraction of sp³-hybridized carbons (Fsp3) is 0.700. The maximum Gasteiger partial charge on any atom is 0.0611 e. The first-order valence-corrected chi connectivity index (χ1v) is 9.07. The van der Waals surface area contributed by atoms with E-state index in [0.717, 1.165) is 19.3 Å². The van der Waals surface area contributed by atoms with Crippen molar-refractivity contribution in [2.24, 2.45) is 5.73 Å². The van der Waals surface area contributed by atoms with E-state index in [1.54, 1.807) is 0 Å². The Morgan fingerprint density at radius 1 is 1.23 bits per heavy atom. The lowest BCUT2D eigenvalue weighted by atomic mass is 9.90. The Morgan fingerprint density at radius 3 is 2.55 bits per heavy atom. The van der Waals surface area contributed by atoms with Crippen molar-refractivity contribution in [3.63, 3.8) is 0 Å². The van der Waals surface area contributed by atoms with Crippen LogP contribution in [0.2, 0.25) is 0 Å². The zero-order chi connectivity index (χ0) is 16.0. The Kier molecular flexibility index (Phi) is 6.46. The van der Waals surface area contributed by atoms with Crippen LogP contribution in [-0.4, -0.2) is 17.3 Å². The second-order valence-electron chi connectivity index (χ2n) is 7.38. The third-order valence-electron chi connectivity index (χ3n) is 5.43. The molecule has 2 nitrogen and oxygen atoms in total. The minimum atomic E-state index is -0.351. The summed E-state index contributed by atoms with van der Waals surface area (Å²) in [5.41, 5.74) is 8.69. The van der Waals surface area contributed by atoms with Gasteiger partial charge in [-0.25, -0.2) is 0 Å². The number of hydrogen-bond acceptors (Lipinski definition) is 2. The van der Waals surface area contributed by atoms with Crippen molar-refractivity contribution in [1.29, 1.82) is 0 Å². The van der Waals surface area contributed by atoms with Gasteiger partial charge in [-0.1, -0.05) is 63.8 Å². The summed E-state index contributed by atoms with van der Waals surface area (Å²) in [6.45, 7) is 4.71. The molecule has 1 aliphatic rings. The maximum absolute atomic E-state index is 9.40. The lowest BCUT2D eigenvalue weighted by Crippen LogP contribution is -2.40. The molecule has 1 aromatic rings. The summed E-state index contributed by atoms with van der Waals surface area (Å²) in [6, 6.07) is 9.17. The van der Waals surface area contributed by atoms with Gasteiger partial charge >= 0.3 is 0 Å². The second-order valence-corrected chi connectivity index (χ2v) is 7.38. The van der Waals surface area contributed by atoms with Crippen molar-refractivity contribution in [3.05, 3.63) is 35.4 Å². The summed E-state index contributed by atoms with van der Waals surface area (Å²) in [7, 11) is 0. The monoisotopic (exact) mass is 303 g/mol. The molecule has 0 amide bonds. The van der Waals surface area contributed by atoms with E-state index in [4.69, 9.17) is 5.73 Å². The first-order valence-electron chi connectivity index (χ1n) is 9.07.